The summed E-state index contributed by atoms with van der Waals surface area (Å²) < 4.78 is 2.19. The van der Waals surface area contributed by atoms with Crippen LogP contribution >= 0.6 is 15.9 Å². The van der Waals surface area contributed by atoms with Crippen LogP contribution in [0, 0.1) is 0 Å². The molecule has 0 fully saturated rings. The molecular weight excluding hydrogens is 304 g/mol. The summed E-state index contributed by atoms with van der Waals surface area (Å²) in [6.45, 7) is 0.512. The van der Waals surface area contributed by atoms with Gasteiger partial charge in [-0.1, -0.05) is 42.5 Å². The van der Waals surface area contributed by atoms with Gasteiger partial charge >= 0.3 is 0 Å². The van der Waals surface area contributed by atoms with E-state index < -0.39 is 0 Å². The first-order valence-electron chi connectivity index (χ1n) is 5.95. The van der Waals surface area contributed by atoms with Gasteiger partial charge < -0.3 is 0 Å². The smallest absolute Gasteiger partial charge is 0.262 e. The topological polar surface area (TPSA) is 34.9 Å². The maximum absolute atomic E-state index is 12.4. The van der Waals surface area contributed by atoms with E-state index in [4.69, 9.17) is 0 Å². The van der Waals surface area contributed by atoms with Crippen LogP contribution in [0.15, 0.2) is 64.1 Å². The standard InChI is InChI=1S/C15H11BrN2O/c16-15-17-13-9-5-4-8-12(13)14(19)18(15)10-11-6-2-1-3-7-11/h1-9H,10H2. The number of para-hydroxylation sites is 1. The second-order valence-corrected chi connectivity index (χ2v) is 4.98. The highest BCUT2D eigenvalue weighted by Gasteiger charge is 2.08. The number of hydrogen-bond donors (Lipinski definition) is 0. The number of hydrogen-bond acceptors (Lipinski definition) is 2. The van der Waals surface area contributed by atoms with Gasteiger partial charge in [-0.2, -0.15) is 0 Å². The molecule has 0 saturated carbocycles. The van der Waals surface area contributed by atoms with Crippen molar-refractivity contribution in [3.05, 3.63) is 75.2 Å². The van der Waals surface area contributed by atoms with Crippen molar-refractivity contribution in [1.82, 2.24) is 9.55 Å². The first-order valence-corrected chi connectivity index (χ1v) is 6.74. The molecule has 0 aliphatic carbocycles. The van der Waals surface area contributed by atoms with Crippen LogP contribution in [0.2, 0.25) is 0 Å². The number of fused-ring (bicyclic) bond motifs is 1. The van der Waals surface area contributed by atoms with Gasteiger partial charge in [0.2, 0.25) is 0 Å². The summed E-state index contributed by atoms with van der Waals surface area (Å²) in [6.07, 6.45) is 0. The molecule has 19 heavy (non-hydrogen) atoms. The summed E-state index contributed by atoms with van der Waals surface area (Å²) >= 11 is 3.38. The zero-order valence-corrected chi connectivity index (χ0v) is 11.7. The number of rotatable bonds is 2. The lowest BCUT2D eigenvalue weighted by atomic mass is 10.2. The second-order valence-electron chi connectivity index (χ2n) is 4.27. The number of nitrogens with zero attached hydrogens (tertiary/aromatic N) is 2. The Bertz CT molecular complexity index is 781. The predicted octanol–water partition coefficient (Wildman–Crippen LogP) is 3.21. The molecule has 0 radical (unpaired) electrons. The average molecular weight is 315 g/mol. The minimum absolute atomic E-state index is 0.0265. The molecule has 3 rings (SSSR count). The summed E-state index contributed by atoms with van der Waals surface area (Å²) in [5.74, 6) is 0. The SMILES string of the molecule is O=c1c2ccccc2nc(Br)n1Cc1ccccc1. The third kappa shape index (κ3) is 2.31. The largest absolute Gasteiger partial charge is 0.282 e. The molecule has 0 amide bonds. The van der Waals surface area contributed by atoms with Crippen LogP contribution in [0.1, 0.15) is 5.56 Å². The van der Waals surface area contributed by atoms with Gasteiger partial charge in [-0.15, -0.1) is 0 Å². The molecule has 1 aromatic heterocycles. The van der Waals surface area contributed by atoms with Crippen molar-refractivity contribution >= 4 is 26.8 Å². The van der Waals surface area contributed by atoms with E-state index in [9.17, 15) is 4.79 Å². The average Bonchev–Trinajstić information content (AvgIpc) is 2.45. The molecule has 0 unspecified atom stereocenters. The fourth-order valence-electron chi connectivity index (χ4n) is 2.04. The highest BCUT2D eigenvalue weighted by molar-refractivity contribution is 9.10. The van der Waals surface area contributed by atoms with Crippen molar-refractivity contribution < 1.29 is 0 Å². The second kappa shape index (κ2) is 4.97. The molecular formula is C15H11BrN2O. The van der Waals surface area contributed by atoms with Crippen molar-refractivity contribution in [3.63, 3.8) is 0 Å². The van der Waals surface area contributed by atoms with Crippen molar-refractivity contribution in [2.45, 2.75) is 6.54 Å². The first kappa shape index (κ1) is 12.1. The monoisotopic (exact) mass is 314 g/mol. The van der Waals surface area contributed by atoms with Gasteiger partial charge in [0.1, 0.15) is 0 Å². The van der Waals surface area contributed by atoms with E-state index in [1.54, 1.807) is 10.6 Å². The first-order chi connectivity index (χ1) is 9.25. The van der Waals surface area contributed by atoms with Crippen LogP contribution in [0.25, 0.3) is 10.9 Å². The van der Waals surface area contributed by atoms with Crippen molar-refractivity contribution in [2.24, 2.45) is 0 Å². The summed E-state index contributed by atoms with van der Waals surface area (Å²) in [5.41, 5.74) is 1.76. The molecule has 0 spiro atoms. The van der Waals surface area contributed by atoms with E-state index in [1.807, 2.05) is 48.5 Å². The summed E-state index contributed by atoms with van der Waals surface area (Å²) in [6, 6.07) is 17.2. The predicted molar refractivity (Wildman–Crippen MR) is 79.2 cm³/mol. The van der Waals surface area contributed by atoms with Gasteiger partial charge in [0, 0.05) is 0 Å². The Balaban J connectivity index is 2.16. The molecule has 0 saturated heterocycles. The number of halogens is 1. The zero-order valence-electron chi connectivity index (χ0n) is 10.1. The zero-order chi connectivity index (χ0) is 13.2. The normalized spacial score (nSPS) is 10.8. The van der Waals surface area contributed by atoms with Crippen LogP contribution in [-0.4, -0.2) is 9.55 Å². The van der Waals surface area contributed by atoms with Crippen molar-refractivity contribution in [3.8, 4) is 0 Å². The van der Waals surface area contributed by atoms with Crippen molar-refractivity contribution in [2.75, 3.05) is 0 Å². The van der Waals surface area contributed by atoms with Crippen LogP contribution in [-0.2, 0) is 6.54 Å². The third-order valence-corrected chi connectivity index (χ3v) is 3.60. The minimum atomic E-state index is -0.0265. The Morgan fingerprint density at radius 3 is 2.47 bits per heavy atom. The van der Waals surface area contributed by atoms with E-state index in [1.165, 1.54) is 0 Å². The van der Waals surface area contributed by atoms with E-state index in [-0.39, 0.29) is 5.56 Å². The Morgan fingerprint density at radius 1 is 1.00 bits per heavy atom. The van der Waals surface area contributed by atoms with Crippen LogP contribution in [0.5, 0.6) is 0 Å². The van der Waals surface area contributed by atoms with Gasteiger partial charge in [0.05, 0.1) is 17.4 Å². The molecule has 0 aliphatic heterocycles. The molecule has 1 heterocycles. The van der Waals surface area contributed by atoms with E-state index in [0.717, 1.165) is 5.56 Å². The van der Waals surface area contributed by atoms with Crippen molar-refractivity contribution in [1.29, 1.82) is 0 Å². The fraction of sp³-hybridized carbons (Fsp3) is 0.0667. The molecule has 3 aromatic rings. The Morgan fingerprint density at radius 2 is 1.68 bits per heavy atom. The van der Waals surface area contributed by atoms with Crippen LogP contribution in [0.4, 0.5) is 0 Å². The molecule has 0 N–H and O–H groups in total. The fourth-order valence-corrected chi connectivity index (χ4v) is 2.52. The molecule has 94 valence electrons. The van der Waals surface area contributed by atoms with Gasteiger partial charge in [-0.3, -0.25) is 9.36 Å². The molecule has 3 nitrogen and oxygen atoms in total. The molecule has 0 aliphatic rings. The van der Waals surface area contributed by atoms with Gasteiger partial charge in [-0.05, 0) is 33.6 Å². The van der Waals surface area contributed by atoms with Gasteiger partial charge in [-0.25, -0.2) is 4.98 Å². The maximum Gasteiger partial charge on any atom is 0.262 e. The lowest BCUT2D eigenvalue weighted by Gasteiger charge is -2.09. The number of aromatic nitrogens is 2. The summed E-state index contributed by atoms with van der Waals surface area (Å²) in [4.78, 5) is 16.9. The van der Waals surface area contributed by atoms with E-state index in [0.29, 0.717) is 22.2 Å². The highest BCUT2D eigenvalue weighted by atomic mass is 79.9. The summed E-state index contributed by atoms with van der Waals surface area (Å²) in [7, 11) is 0. The van der Waals surface area contributed by atoms with Crippen LogP contribution < -0.4 is 5.56 Å². The Hall–Kier alpha value is -1.94. The van der Waals surface area contributed by atoms with Gasteiger partial charge in [0.25, 0.3) is 5.56 Å². The molecule has 0 atom stereocenters. The Kier molecular flexibility index (Phi) is 3.17. The molecule has 2 aromatic carbocycles. The number of benzene rings is 2. The third-order valence-electron chi connectivity index (χ3n) is 3.00. The molecule has 0 bridgehead atoms. The lowest BCUT2D eigenvalue weighted by Crippen LogP contribution is -2.22. The molecule has 4 heteroatoms. The van der Waals surface area contributed by atoms with Gasteiger partial charge in [0.15, 0.2) is 4.73 Å². The maximum atomic E-state index is 12.4. The van der Waals surface area contributed by atoms with E-state index >= 15 is 0 Å². The highest BCUT2D eigenvalue weighted by Crippen LogP contribution is 2.13. The minimum Gasteiger partial charge on any atom is -0.282 e. The lowest BCUT2D eigenvalue weighted by molar-refractivity contribution is 0.724. The van der Waals surface area contributed by atoms with E-state index in [2.05, 4.69) is 20.9 Å². The summed E-state index contributed by atoms with van der Waals surface area (Å²) in [5, 5.41) is 0.640. The quantitative estimate of drug-likeness (QED) is 0.681. The Labute approximate surface area is 118 Å². The van der Waals surface area contributed by atoms with Crippen LogP contribution in [0.3, 0.4) is 0 Å².